The second-order valence-electron chi connectivity index (χ2n) is 13.3. The first-order chi connectivity index (χ1) is 15.9. The summed E-state index contributed by atoms with van der Waals surface area (Å²) in [5.74, 6) is 2.82. The van der Waals surface area contributed by atoms with Crippen molar-refractivity contribution in [1.29, 1.82) is 0 Å². The number of aliphatic hydroxyl groups is 1. The molecule has 1 heterocycles. The van der Waals surface area contributed by atoms with Crippen molar-refractivity contribution < 1.29 is 19.4 Å². The molecule has 5 aliphatic rings. The quantitative estimate of drug-likeness (QED) is 0.294. The van der Waals surface area contributed by atoms with Crippen molar-refractivity contribution in [2.75, 3.05) is 0 Å². The molecule has 0 aromatic carbocycles. The van der Waals surface area contributed by atoms with E-state index in [1.165, 1.54) is 25.3 Å². The van der Waals surface area contributed by atoms with Gasteiger partial charge in [-0.2, -0.15) is 0 Å². The lowest BCUT2D eigenvalue weighted by Crippen LogP contribution is -2.64. The molecule has 1 aliphatic heterocycles. The molecule has 4 heteroatoms. The molecule has 190 valence electrons. The Labute approximate surface area is 206 Å². The van der Waals surface area contributed by atoms with Crippen molar-refractivity contribution >= 4 is 5.97 Å². The van der Waals surface area contributed by atoms with Crippen LogP contribution in [0.4, 0.5) is 0 Å². The van der Waals surface area contributed by atoms with Gasteiger partial charge in [-0.05, 0) is 79.1 Å². The van der Waals surface area contributed by atoms with Gasteiger partial charge in [0.25, 0.3) is 0 Å². The van der Waals surface area contributed by atoms with E-state index < -0.39 is 5.60 Å². The smallest absolute Gasteiger partial charge is 0.302 e. The predicted octanol–water partition coefficient (Wildman–Crippen LogP) is 6.23. The maximum absolute atomic E-state index is 12.0. The predicted molar refractivity (Wildman–Crippen MR) is 134 cm³/mol. The lowest BCUT2D eigenvalue weighted by Gasteiger charge is -2.59. The summed E-state index contributed by atoms with van der Waals surface area (Å²) in [6.07, 6.45) is 13.7. The molecular weight excluding hydrogens is 424 g/mol. The number of carbonyl (C=O) groups excluding carboxylic acids is 1. The van der Waals surface area contributed by atoms with Gasteiger partial charge >= 0.3 is 5.97 Å². The number of epoxide rings is 1. The summed E-state index contributed by atoms with van der Waals surface area (Å²) in [6, 6.07) is 0. The summed E-state index contributed by atoms with van der Waals surface area (Å²) in [5.41, 5.74) is 0.244. The molecule has 1 N–H and O–H groups in total. The van der Waals surface area contributed by atoms with Gasteiger partial charge in [0.05, 0.1) is 11.7 Å². The number of allylic oxidation sites excluding steroid dienone is 2. The van der Waals surface area contributed by atoms with Crippen LogP contribution in [0.1, 0.15) is 93.4 Å². The third-order valence-corrected chi connectivity index (χ3v) is 11.3. The lowest BCUT2D eigenvalue weighted by atomic mass is 9.46. The SMILES string of the molecule is CC(=O)O[C@@H]1CC[C@@]2(C)[C@@](O)(CC=C3[C@@H]4CC[C@H]([C@H](C)/C=C/[C@H](C)C(C)C)[C@]4(C)C[C@H]4O[C@]342)C1. The van der Waals surface area contributed by atoms with E-state index in [4.69, 9.17) is 9.47 Å². The number of ether oxygens (including phenoxy) is 2. The second-order valence-corrected chi connectivity index (χ2v) is 13.3. The Hall–Kier alpha value is -1.13. The zero-order valence-electron chi connectivity index (χ0n) is 22.4. The van der Waals surface area contributed by atoms with Crippen LogP contribution in [0.5, 0.6) is 0 Å². The first-order valence-corrected chi connectivity index (χ1v) is 13.8. The van der Waals surface area contributed by atoms with Gasteiger partial charge in [-0.3, -0.25) is 4.79 Å². The van der Waals surface area contributed by atoms with Gasteiger partial charge in [-0.1, -0.05) is 59.8 Å². The van der Waals surface area contributed by atoms with E-state index in [0.29, 0.717) is 42.4 Å². The van der Waals surface area contributed by atoms with Crippen LogP contribution in [0.15, 0.2) is 23.8 Å². The van der Waals surface area contributed by atoms with Gasteiger partial charge in [0.15, 0.2) is 0 Å². The van der Waals surface area contributed by atoms with Crippen LogP contribution in [0.3, 0.4) is 0 Å². The molecule has 1 saturated heterocycles. The van der Waals surface area contributed by atoms with E-state index in [0.717, 1.165) is 19.3 Å². The largest absolute Gasteiger partial charge is 0.462 e. The summed E-state index contributed by atoms with van der Waals surface area (Å²) >= 11 is 0. The Balaban J connectivity index is 1.41. The molecule has 3 saturated carbocycles. The van der Waals surface area contributed by atoms with E-state index in [2.05, 4.69) is 59.8 Å². The average molecular weight is 471 g/mol. The standard InChI is InChI=1S/C30H46O4/c1-18(2)19(3)8-9-20(4)23-10-11-24-25-13-15-29(32)16-22(33-21(5)31)12-14-28(29,7)30(25)26(34-30)17-27(23,24)6/h8-9,13,18-20,22-24,26,32H,10-12,14-17H2,1-7H3/b9-8+/t19-,20+,22+,23+,24-,26+,27-,28-,29+,30+/m0/s1. The molecule has 4 aliphatic carbocycles. The van der Waals surface area contributed by atoms with Crippen molar-refractivity contribution in [3.63, 3.8) is 0 Å². The highest BCUT2D eigenvalue weighted by molar-refractivity contribution is 5.66. The maximum atomic E-state index is 12.0. The van der Waals surface area contributed by atoms with Crippen molar-refractivity contribution in [1.82, 2.24) is 0 Å². The van der Waals surface area contributed by atoms with E-state index in [1.54, 1.807) is 0 Å². The number of fused-ring (bicyclic) bond motifs is 3. The zero-order chi connectivity index (χ0) is 24.7. The van der Waals surface area contributed by atoms with Crippen molar-refractivity contribution in [2.45, 2.75) is 117 Å². The Morgan fingerprint density at radius 3 is 2.56 bits per heavy atom. The maximum Gasteiger partial charge on any atom is 0.302 e. The minimum absolute atomic E-state index is 0.190. The van der Waals surface area contributed by atoms with E-state index in [9.17, 15) is 9.90 Å². The van der Waals surface area contributed by atoms with Gasteiger partial charge in [-0.15, -0.1) is 0 Å². The number of hydrogen-bond acceptors (Lipinski definition) is 4. The van der Waals surface area contributed by atoms with Gasteiger partial charge in [0.1, 0.15) is 11.7 Å². The van der Waals surface area contributed by atoms with Crippen LogP contribution in [0.2, 0.25) is 0 Å². The fourth-order valence-corrected chi connectivity index (χ4v) is 8.87. The molecule has 10 atom stereocenters. The van der Waals surface area contributed by atoms with E-state index in [-0.39, 0.29) is 34.6 Å². The molecular formula is C30H46O4. The summed E-state index contributed by atoms with van der Waals surface area (Å²) in [5, 5.41) is 12.0. The number of carbonyl (C=O) groups is 1. The number of rotatable bonds is 5. The Kier molecular flexibility index (Phi) is 5.73. The fraction of sp³-hybridized carbons (Fsp3) is 0.833. The van der Waals surface area contributed by atoms with Crippen molar-refractivity contribution in [2.24, 2.45) is 40.4 Å². The highest BCUT2D eigenvalue weighted by Crippen LogP contribution is 2.76. The highest BCUT2D eigenvalue weighted by atomic mass is 16.6. The van der Waals surface area contributed by atoms with E-state index >= 15 is 0 Å². The molecule has 0 unspecified atom stereocenters. The Morgan fingerprint density at radius 1 is 1.15 bits per heavy atom. The highest BCUT2D eigenvalue weighted by Gasteiger charge is 2.80. The first-order valence-electron chi connectivity index (χ1n) is 13.8. The minimum Gasteiger partial charge on any atom is -0.462 e. The van der Waals surface area contributed by atoms with Crippen LogP contribution in [0.25, 0.3) is 0 Å². The second kappa shape index (κ2) is 7.93. The van der Waals surface area contributed by atoms with Crippen molar-refractivity contribution in [3.05, 3.63) is 23.8 Å². The third kappa shape index (κ3) is 3.26. The van der Waals surface area contributed by atoms with Gasteiger partial charge in [-0.25, -0.2) is 0 Å². The Morgan fingerprint density at radius 2 is 1.88 bits per heavy atom. The van der Waals surface area contributed by atoms with Crippen molar-refractivity contribution in [3.8, 4) is 0 Å². The molecule has 4 fully saturated rings. The summed E-state index contributed by atoms with van der Waals surface area (Å²) in [6.45, 7) is 15.6. The third-order valence-electron chi connectivity index (χ3n) is 11.3. The van der Waals surface area contributed by atoms with E-state index in [1.807, 2.05) is 0 Å². The molecule has 1 spiro atoms. The van der Waals surface area contributed by atoms with Crippen LogP contribution in [-0.2, 0) is 14.3 Å². The molecule has 0 radical (unpaired) electrons. The topological polar surface area (TPSA) is 59.1 Å². The molecule has 0 bridgehead atoms. The van der Waals surface area contributed by atoms with Gasteiger partial charge in [0.2, 0.25) is 0 Å². The van der Waals surface area contributed by atoms with Gasteiger partial charge in [0, 0.05) is 18.8 Å². The van der Waals surface area contributed by atoms with Crippen LogP contribution in [0, 0.1) is 40.4 Å². The number of hydrogen-bond donors (Lipinski definition) is 1. The minimum atomic E-state index is -0.877. The molecule has 0 amide bonds. The molecule has 5 rings (SSSR count). The number of esters is 1. The van der Waals surface area contributed by atoms with Crippen LogP contribution >= 0.6 is 0 Å². The monoisotopic (exact) mass is 470 g/mol. The molecule has 4 nitrogen and oxygen atoms in total. The molecule has 0 aromatic rings. The summed E-state index contributed by atoms with van der Waals surface area (Å²) < 4.78 is 12.3. The normalized spacial score (nSPS) is 48.9. The van der Waals surface area contributed by atoms with Crippen LogP contribution in [-0.4, -0.2) is 34.5 Å². The average Bonchev–Trinajstić information content (AvgIpc) is 3.36. The fourth-order valence-electron chi connectivity index (χ4n) is 8.87. The lowest BCUT2D eigenvalue weighted by molar-refractivity contribution is -0.183. The zero-order valence-corrected chi connectivity index (χ0v) is 22.4. The molecule has 0 aromatic heterocycles. The molecule has 34 heavy (non-hydrogen) atoms. The Bertz CT molecular complexity index is 905. The summed E-state index contributed by atoms with van der Waals surface area (Å²) in [4.78, 5) is 11.6. The summed E-state index contributed by atoms with van der Waals surface area (Å²) in [7, 11) is 0. The first kappa shape index (κ1) is 24.6. The van der Waals surface area contributed by atoms with Crippen LogP contribution < -0.4 is 0 Å². The van der Waals surface area contributed by atoms with Gasteiger partial charge < -0.3 is 14.6 Å².